The molecule has 2 aromatic carbocycles. The number of benzene rings is 2. The van der Waals surface area contributed by atoms with Gasteiger partial charge in [0.1, 0.15) is 0 Å². The van der Waals surface area contributed by atoms with Crippen LogP contribution in [0.1, 0.15) is 10.4 Å². The second kappa shape index (κ2) is 5.52. The molecular formula is C18H16N2O3. The first-order valence-corrected chi connectivity index (χ1v) is 7.66. The average Bonchev–Trinajstić information content (AvgIpc) is 2.61. The normalized spacial score (nSPS) is 15.2. The highest BCUT2D eigenvalue weighted by Gasteiger charge is 2.19. The van der Waals surface area contributed by atoms with E-state index < -0.39 is 0 Å². The Morgan fingerprint density at radius 3 is 2.52 bits per heavy atom. The Labute approximate surface area is 132 Å². The molecule has 4 rings (SSSR count). The van der Waals surface area contributed by atoms with E-state index in [4.69, 9.17) is 4.74 Å². The standard InChI is InChI=1S/C18H16N2O3/c21-17-15-4-2-1-3-13(15)14-6-5-12(11-16(14)19-17)18(22)20-7-9-23-10-8-20/h1-6,11H,7-10H2,(H,19,21). The van der Waals surface area contributed by atoms with Crippen LogP contribution in [0.3, 0.4) is 0 Å². The van der Waals surface area contributed by atoms with Crippen LogP contribution in [0.5, 0.6) is 0 Å². The summed E-state index contributed by atoms with van der Waals surface area (Å²) in [6, 6.07) is 13.0. The Balaban J connectivity index is 1.83. The van der Waals surface area contributed by atoms with E-state index in [2.05, 4.69) is 4.98 Å². The lowest BCUT2D eigenvalue weighted by Crippen LogP contribution is -2.40. The van der Waals surface area contributed by atoms with Crippen molar-refractivity contribution in [1.82, 2.24) is 9.88 Å². The summed E-state index contributed by atoms with van der Waals surface area (Å²) < 4.78 is 5.28. The summed E-state index contributed by atoms with van der Waals surface area (Å²) in [5.41, 5.74) is 1.14. The van der Waals surface area contributed by atoms with Crippen molar-refractivity contribution >= 4 is 27.6 Å². The summed E-state index contributed by atoms with van der Waals surface area (Å²) in [4.78, 5) is 29.4. The van der Waals surface area contributed by atoms with E-state index >= 15 is 0 Å². The monoisotopic (exact) mass is 308 g/mol. The topological polar surface area (TPSA) is 62.4 Å². The van der Waals surface area contributed by atoms with Gasteiger partial charge in [-0.15, -0.1) is 0 Å². The number of hydrogen-bond donors (Lipinski definition) is 1. The molecule has 0 saturated carbocycles. The average molecular weight is 308 g/mol. The van der Waals surface area contributed by atoms with Gasteiger partial charge in [-0.05, 0) is 23.6 Å². The number of nitrogens with one attached hydrogen (secondary N) is 1. The molecule has 2 heterocycles. The maximum absolute atomic E-state index is 12.6. The zero-order chi connectivity index (χ0) is 15.8. The number of ether oxygens (including phenoxy) is 1. The molecule has 1 fully saturated rings. The smallest absolute Gasteiger partial charge is 0.256 e. The second-order valence-corrected chi connectivity index (χ2v) is 5.66. The Morgan fingerprint density at radius 2 is 1.74 bits per heavy atom. The van der Waals surface area contributed by atoms with E-state index in [1.165, 1.54) is 0 Å². The first-order valence-electron chi connectivity index (χ1n) is 7.66. The van der Waals surface area contributed by atoms with Crippen LogP contribution in [0.4, 0.5) is 0 Å². The fraction of sp³-hybridized carbons (Fsp3) is 0.222. The molecule has 116 valence electrons. The molecule has 1 aliphatic heterocycles. The molecule has 0 spiro atoms. The molecular weight excluding hydrogens is 292 g/mol. The molecule has 5 heteroatoms. The highest BCUT2D eigenvalue weighted by atomic mass is 16.5. The summed E-state index contributed by atoms with van der Waals surface area (Å²) in [6.07, 6.45) is 0. The molecule has 1 saturated heterocycles. The third-order valence-corrected chi connectivity index (χ3v) is 4.27. The van der Waals surface area contributed by atoms with E-state index in [0.29, 0.717) is 42.8 Å². The third kappa shape index (κ3) is 2.39. The van der Waals surface area contributed by atoms with Gasteiger partial charge in [0.15, 0.2) is 0 Å². The number of pyridine rings is 1. The molecule has 0 unspecified atom stereocenters. The van der Waals surface area contributed by atoms with Crippen molar-refractivity contribution in [3.63, 3.8) is 0 Å². The van der Waals surface area contributed by atoms with Crippen molar-refractivity contribution in [1.29, 1.82) is 0 Å². The first-order chi connectivity index (χ1) is 11.2. The highest BCUT2D eigenvalue weighted by Crippen LogP contribution is 2.22. The zero-order valence-corrected chi connectivity index (χ0v) is 12.5. The Morgan fingerprint density at radius 1 is 1.00 bits per heavy atom. The number of amides is 1. The molecule has 0 atom stereocenters. The van der Waals surface area contributed by atoms with Crippen LogP contribution in [-0.2, 0) is 4.74 Å². The summed E-state index contributed by atoms with van der Waals surface area (Å²) in [5, 5.41) is 2.50. The van der Waals surface area contributed by atoms with Crippen LogP contribution in [0.2, 0.25) is 0 Å². The third-order valence-electron chi connectivity index (χ3n) is 4.27. The fourth-order valence-electron chi connectivity index (χ4n) is 3.07. The largest absolute Gasteiger partial charge is 0.378 e. The SMILES string of the molecule is O=C(c1ccc2c(c1)[nH]c(=O)c1ccccc12)N1CCOCC1. The zero-order valence-electron chi connectivity index (χ0n) is 12.5. The van der Waals surface area contributed by atoms with E-state index in [1.54, 1.807) is 17.0 Å². The van der Waals surface area contributed by atoms with Crippen molar-refractivity contribution in [2.75, 3.05) is 26.3 Å². The fourth-order valence-corrected chi connectivity index (χ4v) is 3.07. The van der Waals surface area contributed by atoms with Crippen molar-refractivity contribution in [2.45, 2.75) is 0 Å². The summed E-state index contributed by atoms with van der Waals surface area (Å²) in [7, 11) is 0. The van der Waals surface area contributed by atoms with Gasteiger partial charge in [0.05, 0.1) is 13.2 Å². The maximum Gasteiger partial charge on any atom is 0.256 e. The minimum atomic E-state index is -0.135. The van der Waals surface area contributed by atoms with Crippen LogP contribution in [-0.4, -0.2) is 42.1 Å². The van der Waals surface area contributed by atoms with Crippen LogP contribution in [0, 0.1) is 0 Å². The Kier molecular flexibility index (Phi) is 3.35. The van der Waals surface area contributed by atoms with Gasteiger partial charge >= 0.3 is 0 Å². The molecule has 0 bridgehead atoms. The lowest BCUT2D eigenvalue weighted by Gasteiger charge is -2.26. The Bertz CT molecular complexity index is 955. The van der Waals surface area contributed by atoms with Crippen LogP contribution >= 0.6 is 0 Å². The molecule has 0 radical (unpaired) electrons. The quantitative estimate of drug-likeness (QED) is 0.701. The predicted octanol–water partition coefficient (Wildman–Crippen LogP) is 2.15. The van der Waals surface area contributed by atoms with E-state index in [0.717, 1.165) is 10.8 Å². The van der Waals surface area contributed by atoms with Gasteiger partial charge in [0.25, 0.3) is 11.5 Å². The molecule has 1 aliphatic rings. The number of aromatic nitrogens is 1. The van der Waals surface area contributed by atoms with Crippen molar-refractivity contribution in [2.24, 2.45) is 0 Å². The molecule has 23 heavy (non-hydrogen) atoms. The molecule has 0 aliphatic carbocycles. The summed E-state index contributed by atoms with van der Waals surface area (Å²) >= 11 is 0. The van der Waals surface area contributed by atoms with Gasteiger partial charge in [0, 0.05) is 34.9 Å². The number of carbonyl (C=O) groups is 1. The first kappa shape index (κ1) is 14.0. The van der Waals surface area contributed by atoms with E-state index in [1.807, 2.05) is 30.3 Å². The number of morpholine rings is 1. The van der Waals surface area contributed by atoms with Crippen LogP contribution in [0.25, 0.3) is 21.7 Å². The maximum atomic E-state index is 12.6. The van der Waals surface area contributed by atoms with Gasteiger partial charge in [-0.1, -0.05) is 24.3 Å². The summed E-state index contributed by atoms with van der Waals surface area (Å²) in [6.45, 7) is 2.35. The van der Waals surface area contributed by atoms with E-state index in [-0.39, 0.29) is 11.5 Å². The van der Waals surface area contributed by atoms with Crippen molar-refractivity contribution in [3.05, 3.63) is 58.4 Å². The number of rotatable bonds is 1. The van der Waals surface area contributed by atoms with Crippen molar-refractivity contribution < 1.29 is 9.53 Å². The molecule has 5 nitrogen and oxygen atoms in total. The number of fused-ring (bicyclic) bond motifs is 3. The summed E-state index contributed by atoms with van der Waals surface area (Å²) in [5.74, 6) is -0.0239. The van der Waals surface area contributed by atoms with Gasteiger partial charge < -0.3 is 14.6 Å². The minimum Gasteiger partial charge on any atom is -0.378 e. The highest BCUT2D eigenvalue weighted by molar-refractivity contribution is 6.07. The molecule has 1 aromatic heterocycles. The predicted molar refractivity (Wildman–Crippen MR) is 88.8 cm³/mol. The second-order valence-electron chi connectivity index (χ2n) is 5.66. The number of carbonyl (C=O) groups excluding carboxylic acids is 1. The van der Waals surface area contributed by atoms with Gasteiger partial charge in [-0.2, -0.15) is 0 Å². The number of nitrogens with zero attached hydrogens (tertiary/aromatic N) is 1. The van der Waals surface area contributed by atoms with E-state index in [9.17, 15) is 9.59 Å². The van der Waals surface area contributed by atoms with Crippen LogP contribution < -0.4 is 5.56 Å². The van der Waals surface area contributed by atoms with Crippen molar-refractivity contribution in [3.8, 4) is 0 Å². The molecule has 1 N–H and O–H groups in total. The minimum absolute atomic E-state index is 0.0239. The number of hydrogen-bond acceptors (Lipinski definition) is 3. The van der Waals surface area contributed by atoms with Crippen LogP contribution in [0.15, 0.2) is 47.3 Å². The molecule has 3 aromatic rings. The lowest BCUT2D eigenvalue weighted by molar-refractivity contribution is 0.0303. The molecule has 1 amide bonds. The number of H-pyrrole nitrogens is 1. The van der Waals surface area contributed by atoms with Gasteiger partial charge in [-0.25, -0.2) is 0 Å². The number of aromatic amines is 1. The Hall–Kier alpha value is -2.66. The van der Waals surface area contributed by atoms with Gasteiger partial charge in [-0.3, -0.25) is 9.59 Å². The lowest BCUT2D eigenvalue weighted by atomic mass is 10.0. The van der Waals surface area contributed by atoms with Gasteiger partial charge in [0.2, 0.25) is 0 Å².